The molecule has 2 unspecified atom stereocenters. The summed E-state index contributed by atoms with van der Waals surface area (Å²) in [5.74, 6) is 2.16. The predicted molar refractivity (Wildman–Crippen MR) is 50.6 cm³/mol. The van der Waals surface area contributed by atoms with Gasteiger partial charge in [0.15, 0.2) is 0 Å². The Morgan fingerprint density at radius 3 is 2.36 bits per heavy atom. The highest BCUT2D eigenvalue weighted by atomic mass is 14.3. The lowest BCUT2D eigenvalue weighted by molar-refractivity contribution is 0.179. The maximum atomic E-state index is 2.41. The lowest BCUT2D eigenvalue weighted by atomic mass is 9.72. The third-order valence-electron chi connectivity index (χ3n) is 3.23. The first-order valence-corrected chi connectivity index (χ1v) is 5.34. The Bertz CT molecular complexity index is 96.2. The summed E-state index contributed by atoms with van der Waals surface area (Å²) < 4.78 is 0. The molecular weight excluding hydrogens is 132 g/mol. The van der Waals surface area contributed by atoms with Crippen LogP contribution in [0.5, 0.6) is 0 Å². The van der Waals surface area contributed by atoms with Crippen molar-refractivity contribution in [3.8, 4) is 0 Å². The van der Waals surface area contributed by atoms with Gasteiger partial charge in [0, 0.05) is 0 Å². The van der Waals surface area contributed by atoms with Gasteiger partial charge in [-0.1, -0.05) is 52.4 Å². The molecule has 1 saturated carbocycles. The summed E-state index contributed by atoms with van der Waals surface area (Å²) in [5.41, 5.74) is 0. The van der Waals surface area contributed by atoms with Crippen LogP contribution in [0, 0.1) is 11.8 Å². The van der Waals surface area contributed by atoms with E-state index in [1.807, 2.05) is 0 Å². The molecule has 1 aliphatic rings. The van der Waals surface area contributed by atoms with Gasteiger partial charge in [-0.05, 0) is 18.3 Å². The molecule has 1 rings (SSSR count). The summed E-state index contributed by atoms with van der Waals surface area (Å²) in [5, 5.41) is 0. The van der Waals surface area contributed by atoms with Crippen LogP contribution in [0.2, 0.25) is 0 Å². The van der Waals surface area contributed by atoms with E-state index in [1.165, 1.54) is 44.9 Å². The molecule has 1 fully saturated rings. The highest BCUT2D eigenvalue weighted by Gasteiger charge is 2.25. The standard InChI is InChI=1S/C11H22/c1-3-4-5-6-7-11-9-8-10(11)2/h10-11H,3-9H2,1-2H3. The minimum Gasteiger partial charge on any atom is -0.0654 e. The van der Waals surface area contributed by atoms with Crippen molar-refractivity contribution < 1.29 is 0 Å². The maximum Gasteiger partial charge on any atom is -0.0388 e. The summed E-state index contributed by atoms with van der Waals surface area (Å²) in [6.07, 6.45) is 10.3. The molecule has 0 heterocycles. The van der Waals surface area contributed by atoms with Gasteiger partial charge in [0.2, 0.25) is 0 Å². The van der Waals surface area contributed by atoms with Crippen LogP contribution in [0.3, 0.4) is 0 Å². The average Bonchev–Trinajstić information content (AvgIpc) is 2.02. The van der Waals surface area contributed by atoms with Crippen molar-refractivity contribution >= 4 is 0 Å². The molecule has 0 aliphatic heterocycles. The molecule has 1 aliphatic carbocycles. The highest BCUT2D eigenvalue weighted by Crippen LogP contribution is 2.37. The number of hydrogen-bond donors (Lipinski definition) is 0. The van der Waals surface area contributed by atoms with Gasteiger partial charge < -0.3 is 0 Å². The first-order valence-electron chi connectivity index (χ1n) is 5.34. The predicted octanol–water partition coefficient (Wildman–Crippen LogP) is 4.00. The number of unbranched alkanes of at least 4 members (excludes halogenated alkanes) is 3. The molecule has 0 aromatic carbocycles. The first kappa shape index (κ1) is 9.09. The molecule has 0 bridgehead atoms. The zero-order chi connectivity index (χ0) is 8.10. The van der Waals surface area contributed by atoms with E-state index in [4.69, 9.17) is 0 Å². The van der Waals surface area contributed by atoms with E-state index in [0.29, 0.717) is 0 Å². The molecule has 0 radical (unpaired) electrons. The molecule has 0 heteroatoms. The zero-order valence-corrected chi connectivity index (χ0v) is 8.10. The Balaban J connectivity index is 1.87. The fourth-order valence-corrected chi connectivity index (χ4v) is 2.00. The Labute approximate surface area is 71.4 Å². The van der Waals surface area contributed by atoms with Gasteiger partial charge >= 0.3 is 0 Å². The van der Waals surface area contributed by atoms with Crippen LogP contribution in [0.1, 0.15) is 58.8 Å². The van der Waals surface area contributed by atoms with Crippen LogP contribution in [0.25, 0.3) is 0 Å². The molecule has 66 valence electrons. The fourth-order valence-electron chi connectivity index (χ4n) is 2.00. The van der Waals surface area contributed by atoms with Crippen LogP contribution in [-0.2, 0) is 0 Å². The average molecular weight is 154 g/mol. The van der Waals surface area contributed by atoms with Crippen LogP contribution in [0.4, 0.5) is 0 Å². The van der Waals surface area contributed by atoms with Gasteiger partial charge in [-0.2, -0.15) is 0 Å². The minimum absolute atomic E-state index is 1.05. The molecule has 2 atom stereocenters. The quantitative estimate of drug-likeness (QED) is 0.525. The highest BCUT2D eigenvalue weighted by molar-refractivity contribution is 4.76. The van der Waals surface area contributed by atoms with E-state index in [9.17, 15) is 0 Å². The van der Waals surface area contributed by atoms with Gasteiger partial charge in [-0.3, -0.25) is 0 Å². The largest absolute Gasteiger partial charge is 0.0654 e. The van der Waals surface area contributed by atoms with Crippen molar-refractivity contribution in [3.05, 3.63) is 0 Å². The minimum atomic E-state index is 1.05. The van der Waals surface area contributed by atoms with Crippen molar-refractivity contribution in [1.29, 1.82) is 0 Å². The first-order chi connectivity index (χ1) is 5.34. The van der Waals surface area contributed by atoms with Gasteiger partial charge in [-0.15, -0.1) is 0 Å². The van der Waals surface area contributed by atoms with Crippen molar-refractivity contribution in [3.63, 3.8) is 0 Å². The summed E-state index contributed by atoms with van der Waals surface area (Å²) in [4.78, 5) is 0. The molecule has 0 spiro atoms. The van der Waals surface area contributed by atoms with Crippen LogP contribution in [0.15, 0.2) is 0 Å². The number of hydrogen-bond acceptors (Lipinski definition) is 0. The Morgan fingerprint density at radius 1 is 1.09 bits per heavy atom. The van der Waals surface area contributed by atoms with Crippen molar-refractivity contribution in [2.24, 2.45) is 11.8 Å². The summed E-state index contributed by atoms with van der Waals surface area (Å²) in [6.45, 7) is 4.69. The van der Waals surface area contributed by atoms with Crippen LogP contribution >= 0.6 is 0 Å². The van der Waals surface area contributed by atoms with Crippen molar-refractivity contribution in [2.75, 3.05) is 0 Å². The zero-order valence-electron chi connectivity index (χ0n) is 8.10. The van der Waals surface area contributed by atoms with E-state index >= 15 is 0 Å². The van der Waals surface area contributed by atoms with E-state index in [-0.39, 0.29) is 0 Å². The van der Waals surface area contributed by atoms with Crippen LogP contribution in [-0.4, -0.2) is 0 Å². The second-order valence-electron chi connectivity index (χ2n) is 4.16. The monoisotopic (exact) mass is 154 g/mol. The van der Waals surface area contributed by atoms with Gasteiger partial charge in [0.25, 0.3) is 0 Å². The lowest BCUT2D eigenvalue weighted by Crippen LogP contribution is -2.22. The third kappa shape index (κ3) is 2.84. The topological polar surface area (TPSA) is 0 Å². The molecule has 0 aromatic heterocycles. The molecule has 0 saturated heterocycles. The molecule has 0 aromatic rings. The van der Waals surface area contributed by atoms with Gasteiger partial charge in [0.1, 0.15) is 0 Å². The normalized spacial score (nSPS) is 30.0. The second kappa shape index (κ2) is 4.79. The second-order valence-corrected chi connectivity index (χ2v) is 4.16. The van der Waals surface area contributed by atoms with Gasteiger partial charge in [0.05, 0.1) is 0 Å². The van der Waals surface area contributed by atoms with Gasteiger partial charge in [-0.25, -0.2) is 0 Å². The van der Waals surface area contributed by atoms with E-state index < -0.39 is 0 Å². The summed E-state index contributed by atoms with van der Waals surface area (Å²) in [7, 11) is 0. The van der Waals surface area contributed by atoms with E-state index in [1.54, 1.807) is 0 Å². The molecule has 0 amide bonds. The molecule has 11 heavy (non-hydrogen) atoms. The lowest BCUT2D eigenvalue weighted by Gasteiger charge is -2.33. The number of rotatable bonds is 5. The Hall–Kier alpha value is 0. The smallest absolute Gasteiger partial charge is 0.0388 e. The Kier molecular flexibility index (Phi) is 3.96. The van der Waals surface area contributed by atoms with Crippen LogP contribution < -0.4 is 0 Å². The molecular formula is C11H22. The Morgan fingerprint density at radius 2 is 1.91 bits per heavy atom. The molecule has 0 N–H and O–H groups in total. The van der Waals surface area contributed by atoms with E-state index in [2.05, 4.69) is 13.8 Å². The third-order valence-corrected chi connectivity index (χ3v) is 3.23. The molecule has 0 nitrogen and oxygen atoms in total. The SMILES string of the molecule is CCCCCCC1CCC1C. The maximum absolute atomic E-state index is 2.41. The van der Waals surface area contributed by atoms with E-state index in [0.717, 1.165) is 11.8 Å². The van der Waals surface area contributed by atoms with Crippen molar-refractivity contribution in [2.45, 2.75) is 58.8 Å². The fraction of sp³-hybridized carbons (Fsp3) is 1.00. The summed E-state index contributed by atoms with van der Waals surface area (Å²) >= 11 is 0. The summed E-state index contributed by atoms with van der Waals surface area (Å²) in [6, 6.07) is 0. The van der Waals surface area contributed by atoms with Crippen molar-refractivity contribution in [1.82, 2.24) is 0 Å².